The van der Waals surface area contributed by atoms with Crippen molar-refractivity contribution < 1.29 is 9.53 Å². The summed E-state index contributed by atoms with van der Waals surface area (Å²) in [5, 5.41) is 11.0. The third-order valence-electron chi connectivity index (χ3n) is 2.81. The Kier molecular flexibility index (Phi) is 5.69. The molecule has 0 aromatic carbocycles. The molecule has 21 heavy (non-hydrogen) atoms. The van der Waals surface area contributed by atoms with Crippen molar-refractivity contribution in [3.63, 3.8) is 0 Å². The first-order valence-corrected chi connectivity index (χ1v) is 8.19. The SMILES string of the molecule is CCCc1nc(Cn2nnc(C(=O)OCC)c2CCl)cs1. The second-order valence-electron chi connectivity index (χ2n) is 4.38. The van der Waals surface area contributed by atoms with Gasteiger partial charge in [-0.05, 0) is 19.8 Å². The Hall–Kier alpha value is -1.47. The number of hydrogen-bond donors (Lipinski definition) is 0. The molecule has 2 aromatic heterocycles. The highest BCUT2D eigenvalue weighted by Gasteiger charge is 2.20. The number of aryl methyl sites for hydroxylation is 1. The fourth-order valence-electron chi connectivity index (χ4n) is 1.85. The summed E-state index contributed by atoms with van der Waals surface area (Å²) in [7, 11) is 0. The molecule has 0 atom stereocenters. The van der Waals surface area contributed by atoms with Gasteiger partial charge in [-0.2, -0.15) is 0 Å². The maximum atomic E-state index is 11.8. The Morgan fingerprint density at radius 1 is 1.48 bits per heavy atom. The van der Waals surface area contributed by atoms with Gasteiger partial charge in [-0.15, -0.1) is 28.0 Å². The highest BCUT2D eigenvalue weighted by molar-refractivity contribution is 7.09. The van der Waals surface area contributed by atoms with E-state index in [0.29, 0.717) is 18.8 Å². The van der Waals surface area contributed by atoms with E-state index in [9.17, 15) is 4.79 Å². The molecule has 6 nitrogen and oxygen atoms in total. The molecular formula is C13H17ClN4O2S. The van der Waals surface area contributed by atoms with Gasteiger partial charge in [0, 0.05) is 5.38 Å². The molecule has 0 saturated heterocycles. The maximum absolute atomic E-state index is 11.8. The molecular weight excluding hydrogens is 312 g/mol. The molecule has 0 radical (unpaired) electrons. The van der Waals surface area contributed by atoms with Gasteiger partial charge in [0.15, 0.2) is 5.69 Å². The zero-order valence-corrected chi connectivity index (χ0v) is 13.6. The highest BCUT2D eigenvalue weighted by Crippen LogP contribution is 2.16. The molecule has 0 saturated carbocycles. The first kappa shape index (κ1) is 15.9. The van der Waals surface area contributed by atoms with Gasteiger partial charge in [-0.1, -0.05) is 12.1 Å². The van der Waals surface area contributed by atoms with Gasteiger partial charge in [-0.25, -0.2) is 14.5 Å². The summed E-state index contributed by atoms with van der Waals surface area (Å²) in [6.45, 7) is 4.61. The monoisotopic (exact) mass is 328 g/mol. The van der Waals surface area contributed by atoms with Crippen LogP contribution in [0.5, 0.6) is 0 Å². The minimum Gasteiger partial charge on any atom is -0.461 e. The summed E-state index contributed by atoms with van der Waals surface area (Å²) < 4.78 is 6.54. The van der Waals surface area contributed by atoms with Crippen molar-refractivity contribution in [3.8, 4) is 0 Å². The van der Waals surface area contributed by atoms with Crippen molar-refractivity contribution in [2.24, 2.45) is 0 Å². The van der Waals surface area contributed by atoms with E-state index in [1.807, 2.05) is 5.38 Å². The Morgan fingerprint density at radius 2 is 2.29 bits per heavy atom. The first-order chi connectivity index (χ1) is 10.2. The number of thiazole rings is 1. The topological polar surface area (TPSA) is 69.9 Å². The maximum Gasteiger partial charge on any atom is 0.360 e. The predicted octanol–water partition coefficient (Wildman–Crippen LogP) is 2.65. The van der Waals surface area contributed by atoms with Crippen LogP contribution in [0.2, 0.25) is 0 Å². The average molecular weight is 329 g/mol. The summed E-state index contributed by atoms with van der Waals surface area (Å²) in [5.74, 6) is -0.350. The van der Waals surface area contributed by atoms with Crippen molar-refractivity contribution in [3.05, 3.63) is 27.5 Å². The van der Waals surface area contributed by atoms with Gasteiger partial charge in [0.05, 0.1) is 35.4 Å². The number of rotatable bonds is 7. The third kappa shape index (κ3) is 3.79. The van der Waals surface area contributed by atoms with Crippen molar-refractivity contribution in [1.29, 1.82) is 0 Å². The number of hydrogen-bond acceptors (Lipinski definition) is 6. The van der Waals surface area contributed by atoms with Crippen molar-refractivity contribution in [2.75, 3.05) is 6.61 Å². The number of halogens is 1. The van der Waals surface area contributed by atoms with Gasteiger partial charge in [0.1, 0.15) is 0 Å². The zero-order valence-electron chi connectivity index (χ0n) is 12.0. The second kappa shape index (κ2) is 7.51. The molecule has 0 aliphatic rings. The minimum absolute atomic E-state index is 0.146. The summed E-state index contributed by atoms with van der Waals surface area (Å²) in [6, 6.07) is 0. The summed E-state index contributed by atoms with van der Waals surface area (Å²) >= 11 is 7.55. The molecule has 2 aromatic rings. The molecule has 0 N–H and O–H groups in total. The number of alkyl halides is 1. The predicted molar refractivity (Wildman–Crippen MR) is 80.7 cm³/mol. The summed E-state index contributed by atoms with van der Waals surface area (Å²) in [5.41, 5.74) is 1.63. The summed E-state index contributed by atoms with van der Waals surface area (Å²) in [6.07, 6.45) is 2.04. The number of nitrogens with zero attached hydrogens (tertiary/aromatic N) is 4. The lowest BCUT2D eigenvalue weighted by Crippen LogP contribution is -2.10. The van der Waals surface area contributed by atoms with Crippen molar-refractivity contribution in [2.45, 2.75) is 39.1 Å². The van der Waals surface area contributed by atoms with Crippen LogP contribution in [0.1, 0.15) is 47.2 Å². The molecule has 0 unspecified atom stereocenters. The van der Waals surface area contributed by atoms with E-state index >= 15 is 0 Å². The van der Waals surface area contributed by atoms with Crippen molar-refractivity contribution in [1.82, 2.24) is 20.0 Å². The van der Waals surface area contributed by atoms with Gasteiger partial charge in [0.25, 0.3) is 0 Å². The highest BCUT2D eigenvalue weighted by atomic mass is 35.5. The van der Waals surface area contributed by atoms with Crippen LogP contribution in [0.15, 0.2) is 5.38 Å². The number of ether oxygens (including phenoxy) is 1. The molecule has 0 amide bonds. The Labute approximate surface area is 132 Å². The van der Waals surface area contributed by atoms with Gasteiger partial charge in [0.2, 0.25) is 0 Å². The van der Waals surface area contributed by atoms with Crippen LogP contribution in [-0.2, 0) is 23.6 Å². The number of esters is 1. The van der Waals surface area contributed by atoms with E-state index in [1.54, 1.807) is 22.9 Å². The molecule has 0 aliphatic carbocycles. The molecule has 8 heteroatoms. The smallest absolute Gasteiger partial charge is 0.360 e. The number of aromatic nitrogens is 4. The molecule has 0 spiro atoms. The van der Waals surface area contributed by atoms with E-state index in [0.717, 1.165) is 23.5 Å². The number of carbonyl (C=O) groups excluding carboxylic acids is 1. The third-order valence-corrected chi connectivity index (χ3v) is 4.02. The zero-order chi connectivity index (χ0) is 15.2. The lowest BCUT2D eigenvalue weighted by molar-refractivity contribution is 0.0518. The molecule has 0 aliphatic heterocycles. The molecule has 2 heterocycles. The molecule has 0 fully saturated rings. The van der Waals surface area contributed by atoms with Crippen LogP contribution in [-0.4, -0.2) is 32.6 Å². The lowest BCUT2D eigenvalue weighted by Gasteiger charge is -2.03. The fraction of sp³-hybridized carbons (Fsp3) is 0.538. The van der Waals surface area contributed by atoms with E-state index < -0.39 is 5.97 Å². The van der Waals surface area contributed by atoms with Crippen LogP contribution < -0.4 is 0 Å². The van der Waals surface area contributed by atoms with Crippen LogP contribution >= 0.6 is 22.9 Å². The molecule has 0 bridgehead atoms. The normalized spacial score (nSPS) is 10.8. The lowest BCUT2D eigenvalue weighted by atomic mass is 10.3. The van der Waals surface area contributed by atoms with Gasteiger partial charge in [-0.3, -0.25) is 0 Å². The largest absolute Gasteiger partial charge is 0.461 e. The Balaban J connectivity index is 2.17. The minimum atomic E-state index is -0.496. The van der Waals surface area contributed by atoms with E-state index in [4.69, 9.17) is 16.3 Å². The quantitative estimate of drug-likeness (QED) is 0.577. The Bertz CT molecular complexity index is 611. The first-order valence-electron chi connectivity index (χ1n) is 6.78. The second-order valence-corrected chi connectivity index (χ2v) is 5.59. The molecule has 114 valence electrons. The molecule has 2 rings (SSSR count). The fourth-order valence-corrected chi connectivity index (χ4v) is 3.01. The standard InChI is InChI=1S/C13H17ClN4O2S/c1-3-5-11-15-9(8-21-11)7-18-10(6-14)12(16-17-18)13(19)20-4-2/h8H,3-7H2,1-2H3. The number of carbonyl (C=O) groups is 1. The van der Waals surface area contributed by atoms with E-state index in [2.05, 4.69) is 22.2 Å². The van der Waals surface area contributed by atoms with Crippen molar-refractivity contribution >= 4 is 28.9 Å². The van der Waals surface area contributed by atoms with Gasteiger partial charge < -0.3 is 4.74 Å². The van der Waals surface area contributed by atoms with Crippen LogP contribution in [0.25, 0.3) is 0 Å². The van der Waals surface area contributed by atoms with Crippen LogP contribution in [0.3, 0.4) is 0 Å². The Morgan fingerprint density at radius 3 is 2.95 bits per heavy atom. The van der Waals surface area contributed by atoms with Crippen LogP contribution in [0.4, 0.5) is 0 Å². The van der Waals surface area contributed by atoms with E-state index in [-0.39, 0.29) is 11.6 Å². The summed E-state index contributed by atoms with van der Waals surface area (Å²) in [4.78, 5) is 16.3. The van der Waals surface area contributed by atoms with Gasteiger partial charge >= 0.3 is 5.97 Å². The van der Waals surface area contributed by atoms with Crippen LogP contribution in [0, 0.1) is 0 Å². The average Bonchev–Trinajstić information content (AvgIpc) is 3.07. The van der Waals surface area contributed by atoms with E-state index in [1.165, 1.54) is 0 Å².